The Morgan fingerprint density at radius 1 is 0.405 bits per heavy atom. The molecule has 29 nitrogen and oxygen atoms in total. The van der Waals surface area contributed by atoms with E-state index in [0.29, 0.717) is 58.2 Å². The van der Waals surface area contributed by atoms with Gasteiger partial charge < -0.3 is 120 Å². The Kier molecular flexibility index (Phi) is 37.8. The number of unbranched alkanes of at least 4 members (excludes halogenated alkanes) is 5. The number of nitrogens with one attached hydrogen (secondary N) is 5. The van der Waals surface area contributed by atoms with Crippen molar-refractivity contribution in [3.63, 3.8) is 0 Å². The van der Waals surface area contributed by atoms with Crippen molar-refractivity contribution in [1.82, 2.24) is 26.6 Å². The molecule has 3 saturated heterocycles. The third-order valence-corrected chi connectivity index (χ3v) is 14.7. The number of rotatable bonds is 45. The van der Waals surface area contributed by atoms with Crippen LogP contribution in [0.15, 0.2) is 0 Å². The van der Waals surface area contributed by atoms with Gasteiger partial charge in [0.1, 0.15) is 48.6 Å². The van der Waals surface area contributed by atoms with Crippen LogP contribution in [0.2, 0.25) is 0 Å². The van der Waals surface area contributed by atoms with Gasteiger partial charge in [-0.1, -0.05) is 33.6 Å². The molecule has 29 heteroatoms. The summed E-state index contributed by atoms with van der Waals surface area (Å²) in [7, 11) is 1.63. The Morgan fingerprint density at radius 3 is 1.10 bits per heavy atom. The number of hydrogen-bond donors (Lipinski definition) is 14. The fourth-order valence-corrected chi connectivity index (χ4v) is 9.36. The van der Waals surface area contributed by atoms with Gasteiger partial charge in [-0.2, -0.15) is 0 Å². The highest BCUT2D eigenvalue weighted by Crippen LogP contribution is 2.29. The Morgan fingerprint density at radius 2 is 0.726 bits per heavy atom. The lowest BCUT2D eigenvalue weighted by molar-refractivity contribution is -0.282. The van der Waals surface area contributed by atoms with Gasteiger partial charge in [0.15, 0.2) is 18.9 Å². The summed E-state index contributed by atoms with van der Waals surface area (Å²) in [5.41, 5.74) is -1.51. The topological polar surface area (TPSA) is 420 Å². The average molecular weight is 1220 g/mol. The van der Waals surface area contributed by atoms with E-state index >= 15 is 0 Å². The van der Waals surface area contributed by atoms with Gasteiger partial charge in [0.2, 0.25) is 29.5 Å². The molecule has 3 aliphatic rings. The molecular weight excluding hydrogens is 1110 g/mol. The standard InChI is InChI=1S/C55H101N5O24/c1-35-46(69)49(72)38(29-61)82-52(35)79-22-11-7-9-17-56-41(64)14-25-76-32-55(60-45(68)28-44(67)59-18-8-5-6-10-21-75-4,33-77-26-15-42(65)57-19-12-23-80-53-36(2)47(70)50(73)39(30-62)83-53)34-78-27-16-43(66)58-20-13-24-81-54-37(3)48(71)51(74)40(31-63)84-54/h35-40,46-54,61-63,69-74H,5-34H2,1-4H3,(H,56,64)(H,57,65)(H,58,66)(H,59,67)(H,60,68)/t35?,36?,37?,38?,39?,40?,46-,47-,48-,49+,50+,51+,52-,53-,54-,55?/m1/s1. The van der Waals surface area contributed by atoms with Crippen LogP contribution in [-0.2, 0) is 71.3 Å². The summed E-state index contributed by atoms with van der Waals surface area (Å²) in [6.07, 6.45) is -7.67. The molecule has 0 saturated carbocycles. The van der Waals surface area contributed by atoms with Crippen LogP contribution in [-0.4, -0.2) is 274 Å². The van der Waals surface area contributed by atoms with Crippen molar-refractivity contribution in [2.45, 2.75) is 184 Å². The molecule has 0 aromatic heterocycles. The number of carbonyl (C=O) groups is 5. The van der Waals surface area contributed by atoms with E-state index in [2.05, 4.69) is 26.6 Å². The first kappa shape index (κ1) is 74.8. The molecule has 0 bridgehead atoms. The lowest BCUT2D eigenvalue weighted by Crippen LogP contribution is -2.59. The first-order chi connectivity index (χ1) is 40.3. The van der Waals surface area contributed by atoms with Crippen LogP contribution >= 0.6 is 0 Å². The molecule has 5 amide bonds. The molecule has 0 aliphatic carbocycles. The highest BCUT2D eigenvalue weighted by molar-refractivity contribution is 5.97. The molecule has 0 aromatic rings. The van der Waals surface area contributed by atoms with Gasteiger partial charge in [0.25, 0.3) is 0 Å². The zero-order valence-electron chi connectivity index (χ0n) is 49.5. The summed E-state index contributed by atoms with van der Waals surface area (Å²) in [6.45, 7) is 4.49. The Balaban J connectivity index is 1.58. The smallest absolute Gasteiger partial charge is 0.230 e. The van der Waals surface area contributed by atoms with Crippen molar-refractivity contribution >= 4 is 29.5 Å². The quantitative estimate of drug-likeness (QED) is 0.0206. The van der Waals surface area contributed by atoms with E-state index in [4.69, 9.17) is 47.4 Å². The normalized spacial score (nSPS) is 28.7. The molecule has 15 atom stereocenters. The largest absolute Gasteiger partial charge is 0.394 e. The van der Waals surface area contributed by atoms with E-state index in [1.807, 2.05) is 0 Å². The van der Waals surface area contributed by atoms with Crippen LogP contribution in [0.3, 0.4) is 0 Å². The summed E-state index contributed by atoms with van der Waals surface area (Å²) >= 11 is 0. The van der Waals surface area contributed by atoms with Crippen molar-refractivity contribution in [1.29, 1.82) is 0 Å². The minimum absolute atomic E-state index is 0.0712. The molecular formula is C55H101N5O24. The van der Waals surface area contributed by atoms with Crippen LogP contribution in [0.4, 0.5) is 0 Å². The first-order valence-electron chi connectivity index (χ1n) is 29.6. The molecule has 0 radical (unpaired) electrons. The number of ether oxygens (including phenoxy) is 10. The van der Waals surface area contributed by atoms with Crippen molar-refractivity contribution in [2.75, 3.05) is 119 Å². The molecule has 0 spiro atoms. The predicted molar refractivity (Wildman–Crippen MR) is 296 cm³/mol. The number of carbonyl (C=O) groups excluding carboxylic acids is 5. The third kappa shape index (κ3) is 27.7. The maximum atomic E-state index is 13.7. The van der Waals surface area contributed by atoms with Gasteiger partial charge >= 0.3 is 0 Å². The second kappa shape index (κ2) is 42.5. The summed E-state index contributed by atoms with van der Waals surface area (Å²) in [4.78, 5) is 65.3. The van der Waals surface area contributed by atoms with Gasteiger partial charge in [-0.3, -0.25) is 24.0 Å². The number of aliphatic hydroxyl groups is 9. The molecule has 3 aliphatic heterocycles. The Labute approximate surface area is 492 Å². The monoisotopic (exact) mass is 1220 g/mol. The third-order valence-electron chi connectivity index (χ3n) is 14.7. The highest BCUT2D eigenvalue weighted by Gasteiger charge is 2.45. The van der Waals surface area contributed by atoms with Gasteiger partial charge in [0, 0.05) is 83.5 Å². The van der Waals surface area contributed by atoms with Crippen molar-refractivity contribution < 1.29 is 117 Å². The molecule has 3 heterocycles. The van der Waals surface area contributed by atoms with Crippen LogP contribution in [0, 0.1) is 17.8 Å². The summed E-state index contributed by atoms with van der Waals surface area (Å²) in [5.74, 6) is -3.98. The molecule has 6 unspecified atom stereocenters. The SMILES string of the molecule is COCCCCCCNC(=O)CC(=O)NC(COCCC(=O)NCCCCCO[C@@H]1OC(CO)[C@H](O)[C@H](O)C1C)(COCCC(=O)NCCCO[C@@H]1OC(CO)[C@H](O)[C@H](O)C1C)COCCC(=O)NCCCO[C@@H]1OC(CO)[C@H](O)[C@H](O)C1C. The summed E-state index contributed by atoms with van der Waals surface area (Å²) in [5, 5.41) is 104. The number of aliphatic hydroxyl groups excluding tert-OH is 9. The number of methoxy groups -OCH3 is 1. The van der Waals surface area contributed by atoms with Gasteiger partial charge in [-0.25, -0.2) is 0 Å². The van der Waals surface area contributed by atoms with E-state index in [0.717, 1.165) is 19.3 Å². The number of amides is 5. The van der Waals surface area contributed by atoms with Crippen LogP contribution in [0.25, 0.3) is 0 Å². The van der Waals surface area contributed by atoms with Gasteiger partial charge in [-0.15, -0.1) is 0 Å². The van der Waals surface area contributed by atoms with Crippen LogP contribution in [0.1, 0.15) is 104 Å². The molecule has 84 heavy (non-hydrogen) atoms. The van der Waals surface area contributed by atoms with Crippen LogP contribution < -0.4 is 26.6 Å². The zero-order valence-corrected chi connectivity index (χ0v) is 49.5. The highest BCUT2D eigenvalue weighted by atomic mass is 16.7. The van der Waals surface area contributed by atoms with Crippen molar-refractivity contribution in [2.24, 2.45) is 17.8 Å². The predicted octanol–water partition coefficient (Wildman–Crippen LogP) is -3.65. The van der Waals surface area contributed by atoms with Crippen LogP contribution in [0.5, 0.6) is 0 Å². The molecule has 0 aromatic carbocycles. The zero-order chi connectivity index (χ0) is 61.9. The van der Waals surface area contributed by atoms with Crippen molar-refractivity contribution in [3.05, 3.63) is 0 Å². The second-order valence-electron chi connectivity index (χ2n) is 21.8. The van der Waals surface area contributed by atoms with E-state index < -0.39 is 135 Å². The fraction of sp³-hybridized carbons (Fsp3) is 0.909. The molecule has 490 valence electrons. The van der Waals surface area contributed by atoms with E-state index in [9.17, 15) is 69.9 Å². The minimum atomic E-state index is -1.51. The lowest BCUT2D eigenvalue weighted by atomic mass is 9.92. The minimum Gasteiger partial charge on any atom is -0.394 e. The maximum Gasteiger partial charge on any atom is 0.230 e. The summed E-state index contributed by atoms with van der Waals surface area (Å²) in [6, 6.07) is 0. The van der Waals surface area contributed by atoms with Crippen molar-refractivity contribution in [3.8, 4) is 0 Å². The lowest BCUT2D eigenvalue weighted by Gasteiger charge is -2.40. The molecule has 3 fully saturated rings. The fourth-order valence-electron chi connectivity index (χ4n) is 9.36. The molecule has 3 rings (SSSR count). The number of hydrogen-bond acceptors (Lipinski definition) is 24. The first-order valence-corrected chi connectivity index (χ1v) is 29.6. The Bertz CT molecular complexity index is 1760. The second-order valence-corrected chi connectivity index (χ2v) is 21.8. The van der Waals surface area contributed by atoms with E-state index in [-0.39, 0.29) is 110 Å². The Hall–Kier alpha value is -3.41. The molecule has 14 N–H and O–H groups in total. The van der Waals surface area contributed by atoms with E-state index in [1.165, 1.54) is 0 Å². The maximum absolute atomic E-state index is 13.7. The summed E-state index contributed by atoms with van der Waals surface area (Å²) < 4.78 is 57.1. The van der Waals surface area contributed by atoms with Gasteiger partial charge in [0.05, 0.1) is 91.0 Å². The van der Waals surface area contributed by atoms with Gasteiger partial charge in [-0.05, 0) is 44.9 Å². The van der Waals surface area contributed by atoms with E-state index in [1.54, 1.807) is 27.9 Å². The average Bonchev–Trinajstić information content (AvgIpc) is 3.25.